The monoisotopic (exact) mass is 218 g/mol. The third-order valence-corrected chi connectivity index (χ3v) is 3.17. The Kier molecular flexibility index (Phi) is 2.95. The van der Waals surface area contributed by atoms with Gasteiger partial charge in [-0.2, -0.15) is 0 Å². The van der Waals surface area contributed by atoms with Gasteiger partial charge in [0.1, 0.15) is 5.82 Å². The summed E-state index contributed by atoms with van der Waals surface area (Å²) in [6.07, 6.45) is 3.42. The molecule has 2 heterocycles. The summed E-state index contributed by atoms with van der Waals surface area (Å²) in [5.41, 5.74) is 1.12. The van der Waals surface area contributed by atoms with Crippen LogP contribution in [0.3, 0.4) is 0 Å². The standard InChI is InChI=1S/C13H18N2O/c1-9(2)11-5-7-13(16)15(11)12-6-4-10(3)8-14-12/h4,6,8-9,11H,5,7H2,1-3H3. The van der Waals surface area contributed by atoms with Crippen LogP contribution in [0.4, 0.5) is 5.82 Å². The van der Waals surface area contributed by atoms with Crippen molar-refractivity contribution in [2.75, 3.05) is 4.90 Å². The average molecular weight is 218 g/mol. The van der Waals surface area contributed by atoms with Crippen molar-refractivity contribution in [1.82, 2.24) is 4.98 Å². The fraction of sp³-hybridized carbons (Fsp3) is 0.538. The number of anilines is 1. The van der Waals surface area contributed by atoms with Crippen molar-refractivity contribution < 1.29 is 4.79 Å². The van der Waals surface area contributed by atoms with Gasteiger partial charge in [0.05, 0.1) is 0 Å². The molecule has 3 nitrogen and oxygen atoms in total. The first-order valence-corrected chi connectivity index (χ1v) is 5.84. The highest BCUT2D eigenvalue weighted by Crippen LogP contribution is 2.29. The zero-order valence-electron chi connectivity index (χ0n) is 10.1. The van der Waals surface area contributed by atoms with Crippen LogP contribution in [0.1, 0.15) is 32.3 Å². The van der Waals surface area contributed by atoms with E-state index in [1.807, 2.05) is 30.2 Å². The molecule has 1 saturated heterocycles. The number of hydrogen-bond donors (Lipinski definition) is 0. The number of carbonyl (C=O) groups is 1. The number of hydrogen-bond acceptors (Lipinski definition) is 2. The third-order valence-electron chi connectivity index (χ3n) is 3.17. The lowest BCUT2D eigenvalue weighted by molar-refractivity contribution is -0.117. The lowest BCUT2D eigenvalue weighted by Crippen LogP contribution is -2.36. The van der Waals surface area contributed by atoms with E-state index in [0.29, 0.717) is 18.4 Å². The second-order valence-electron chi connectivity index (χ2n) is 4.81. The largest absolute Gasteiger partial charge is 0.293 e. The van der Waals surface area contributed by atoms with E-state index >= 15 is 0 Å². The Labute approximate surface area is 96.5 Å². The molecule has 1 fully saturated rings. The molecule has 16 heavy (non-hydrogen) atoms. The summed E-state index contributed by atoms with van der Waals surface area (Å²) < 4.78 is 0. The summed E-state index contributed by atoms with van der Waals surface area (Å²) in [6, 6.07) is 4.25. The minimum Gasteiger partial charge on any atom is -0.293 e. The molecule has 0 spiro atoms. The van der Waals surface area contributed by atoms with Crippen molar-refractivity contribution in [1.29, 1.82) is 0 Å². The first-order chi connectivity index (χ1) is 7.59. The molecule has 1 aliphatic rings. The highest BCUT2D eigenvalue weighted by atomic mass is 16.2. The molecular weight excluding hydrogens is 200 g/mol. The van der Waals surface area contributed by atoms with E-state index in [2.05, 4.69) is 18.8 Å². The molecule has 1 amide bonds. The molecule has 1 atom stereocenters. The van der Waals surface area contributed by atoms with Gasteiger partial charge in [0.15, 0.2) is 0 Å². The van der Waals surface area contributed by atoms with Crippen LogP contribution in [0.25, 0.3) is 0 Å². The van der Waals surface area contributed by atoms with Crippen LogP contribution in [-0.4, -0.2) is 16.9 Å². The Morgan fingerprint density at radius 3 is 2.75 bits per heavy atom. The molecule has 2 rings (SSSR count). The normalized spacial score (nSPS) is 20.9. The first-order valence-electron chi connectivity index (χ1n) is 5.84. The van der Waals surface area contributed by atoms with Crippen molar-refractivity contribution in [2.24, 2.45) is 5.92 Å². The van der Waals surface area contributed by atoms with Gasteiger partial charge in [-0.3, -0.25) is 9.69 Å². The summed E-state index contributed by atoms with van der Waals surface area (Å²) >= 11 is 0. The molecule has 1 aromatic rings. The lowest BCUT2D eigenvalue weighted by Gasteiger charge is -2.26. The smallest absolute Gasteiger partial charge is 0.228 e. The average Bonchev–Trinajstić information content (AvgIpc) is 2.62. The molecule has 0 N–H and O–H groups in total. The summed E-state index contributed by atoms with van der Waals surface area (Å²) in [4.78, 5) is 18.1. The Bertz CT molecular complexity index is 383. The first kappa shape index (κ1) is 11.1. The van der Waals surface area contributed by atoms with Crippen LogP contribution in [-0.2, 0) is 4.79 Å². The molecule has 1 unspecified atom stereocenters. The van der Waals surface area contributed by atoms with Gasteiger partial charge in [-0.1, -0.05) is 19.9 Å². The summed E-state index contributed by atoms with van der Waals surface area (Å²) in [5.74, 6) is 1.48. The number of pyridine rings is 1. The van der Waals surface area contributed by atoms with Crippen molar-refractivity contribution in [2.45, 2.75) is 39.7 Å². The van der Waals surface area contributed by atoms with Crippen LogP contribution in [0.2, 0.25) is 0 Å². The number of rotatable bonds is 2. The highest BCUT2D eigenvalue weighted by molar-refractivity contribution is 5.95. The van der Waals surface area contributed by atoms with Crippen molar-refractivity contribution >= 4 is 11.7 Å². The van der Waals surface area contributed by atoms with E-state index in [4.69, 9.17) is 0 Å². The maximum atomic E-state index is 11.9. The van der Waals surface area contributed by atoms with Crippen molar-refractivity contribution in [3.63, 3.8) is 0 Å². The van der Waals surface area contributed by atoms with E-state index < -0.39 is 0 Å². The van der Waals surface area contributed by atoms with Crippen LogP contribution in [0.5, 0.6) is 0 Å². The van der Waals surface area contributed by atoms with Gasteiger partial charge in [0.25, 0.3) is 0 Å². The highest BCUT2D eigenvalue weighted by Gasteiger charge is 2.34. The minimum atomic E-state index is 0.204. The van der Waals surface area contributed by atoms with Gasteiger partial charge in [-0.15, -0.1) is 0 Å². The maximum absolute atomic E-state index is 11.9. The lowest BCUT2D eigenvalue weighted by atomic mass is 10.0. The second-order valence-corrected chi connectivity index (χ2v) is 4.81. The molecule has 0 bridgehead atoms. The fourth-order valence-electron chi connectivity index (χ4n) is 2.24. The maximum Gasteiger partial charge on any atom is 0.228 e. The quantitative estimate of drug-likeness (QED) is 0.764. The molecule has 1 aliphatic heterocycles. The number of aromatic nitrogens is 1. The predicted octanol–water partition coefficient (Wildman–Crippen LogP) is 2.54. The molecule has 0 aromatic carbocycles. The van der Waals surface area contributed by atoms with E-state index in [-0.39, 0.29) is 5.91 Å². The molecule has 0 aliphatic carbocycles. The van der Waals surface area contributed by atoms with Crippen molar-refractivity contribution in [3.05, 3.63) is 23.9 Å². The van der Waals surface area contributed by atoms with Gasteiger partial charge < -0.3 is 0 Å². The van der Waals surface area contributed by atoms with Crippen LogP contribution < -0.4 is 4.90 Å². The van der Waals surface area contributed by atoms with Gasteiger partial charge in [0.2, 0.25) is 5.91 Å². The topological polar surface area (TPSA) is 33.2 Å². The molecule has 3 heteroatoms. The predicted molar refractivity (Wildman–Crippen MR) is 64.3 cm³/mol. The van der Waals surface area contributed by atoms with Gasteiger partial charge >= 0.3 is 0 Å². The second kappa shape index (κ2) is 4.24. The van der Waals surface area contributed by atoms with Crippen LogP contribution >= 0.6 is 0 Å². The third kappa shape index (κ3) is 1.94. The Balaban J connectivity index is 2.30. The Hall–Kier alpha value is -1.38. The number of aryl methyl sites for hydroxylation is 1. The molecular formula is C13H18N2O. The van der Waals surface area contributed by atoms with E-state index in [1.165, 1.54) is 0 Å². The zero-order valence-corrected chi connectivity index (χ0v) is 10.1. The summed E-state index contributed by atoms with van der Waals surface area (Å²) in [6.45, 7) is 6.32. The van der Waals surface area contributed by atoms with Gasteiger partial charge in [-0.05, 0) is 30.9 Å². The summed E-state index contributed by atoms with van der Waals surface area (Å²) in [5, 5.41) is 0. The minimum absolute atomic E-state index is 0.204. The van der Waals surface area contributed by atoms with Crippen LogP contribution in [0, 0.1) is 12.8 Å². The molecule has 0 radical (unpaired) electrons. The van der Waals surface area contributed by atoms with Gasteiger partial charge in [-0.25, -0.2) is 4.98 Å². The van der Waals surface area contributed by atoms with Crippen LogP contribution in [0.15, 0.2) is 18.3 Å². The number of nitrogens with zero attached hydrogens (tertiary/aromatic N) is 2. The fourth-order valence-corrected chi connectivity index (χ4v) is 2.24. The Morgan fingerprint density at radius 2 is 2.19 bits per heavy atom. The van der Waals surface area contributed by atoms with Crippen molar-refractivity contribution in [3.8, 4) is 0 Å². The molecule has 0 saturated carbocycles. The summed E-state index contributed by atoms with van der Waals surface area (Å²) in [7, 11) is 0. The van der Waals surface area contributed by atoms with E-state index in [9.17, 15) is 4.79 Å². The van der Waals surface area contributed by atoms with E-state index in [0.717, 1.165) is 17.8 Å². The Morgan fingerprint density at radius 1 is 1.44 bits per heavy atom. The zero-order chi connectivity index (χ0) is 11.7. The number of amides is 1. The van der Waals surface area contributed by atoms with E-state index in [1.54, 1.807) is 0 Å². The van der Waals surface area contributed by atoms with Gasteiger partial charge in [0, 0.05) is 18.7 Å². The number of carbonyl (C=O) groups excluding carboxylic acids is 1. The molecule has 1 aromatic heterocycles. The molecule has 86 valence electrons. The SMILES string of the molecule is Cc1ccc(N2C(=O)CCC2C(C)C)nc1.